The summed E-state index contributed by atoms with van der Waals surface area (Å²) in [5, 5.41) is 3.18. The summed E-state index contributed by atoms with van der Waals surface area (Å²) in [6, 6.07) is 9.16. The molecule has 0 radical (unpaired) electrons. The van der Waals surface area contributed by atoms with E-state index in [4.69, 9.17) is 9.47 Å². The van der Waals surface area contributed by atoms with Crippen molar-refractivity contribution in [3.63, 3.8) is 0 Å². The van der Waals surface area contributed by atoms with Crippen LogP contribution in [0.3, 0.4) is 0 Å². The average molecular weight is 349 g/mol. The van der Waals surface area contributed by atoms with Crippen LogP contribution < -0.4 is 4.74 Å². The Kier molecular flexibility index (Phi) is 8.23. The van der Waals surface area contributed by atoms with Crippen molar-refractivity contribution < 1.29 is 14.3 Å². The smallest absolute Gasteiger partial charge is 0.264 e. The highest BCUT2D eigenvalue weighted by Gasteiger charge is 2.27. The van der Waals surface area contributed by atoms with E-state index in [0.29, 0.717) is 30.5 Å². The van der Waals surface area contributed by atoms with Crippen molar-refractivity contribution in [3.05, 3.63) is 35.2 Å². The van der Waals surface area contributed by atoms with Gasteiger partial charge in [-0.2, -0.15) is 4.91 Å². The molecule has 1 aromatic rings. The molecule has 0 bridgehead atoms. The molecular formula is C20H31NO4. The number of carbonyl (C=O) groups excluding carboxylic acids is 1. The van der Waals surface area contributed by atoms with Crippen molar-refractivity contribution in [2.75, 3.05) is 6.61 Å². The lowest BCUT2D eigenvalue weighted by Gasteiger charge is -2.26. The second kappa shape index (κ2) is 9.66. The van der Waals surface area contributed by atoms with Crippen LogP contribution in [0.15, 0.2) is 35.5 Å². The molecule has 0 fully saturated rings. The maximum atomic E-state index is 11.4. The third-order valence-electron chi connectivity index (χ3n) is 4.18. The van der Waals surface area contributed by atoms with Crippen molar-refractivity contribution in [3.8, 4) is 5.75 Å². The van der Waals surface area contributed by atoms with E-state index in [1.807, 2.05) is 32.0 Å². The molecule has 140 valence electrons. The van der Waals surface area contributed by atoms with E-state index in [2.05, 4.69) is 19.0 Å². The van der Waals surface area contributed by atoms with Crippen molar-refractivity contribution in [2.45, 2.75) is 65.2 Å². The number of hydrogen-bond acceptors (Lipinski definition) is 5. The first kappa shape index (κ1) is 21.3. The highest BCUT2D eigenvalue weighted by atomic mass is 16.7. The van der Waals surface area contributed by atoms with Crippen LogP contribution in [-0.2, 0) is 9.53 Å². The number of benzene rings is 1. The first-order chi connectivity index (χ1) is 11.7. The Bertz CT molecular complexity index is 532. The fourth-order valence-corrected chi connectivity index (χ4v) is 3.05. The summed E-state index contributed by atoms with van der Waals surface area (Å²) < 4.78 is 11.4. The van der Waals surface area contributed by atoms with E-state index in [1.165, 1.54) is 0 Å². The molecule has 0 aliphatic heterocycles. The molecule has 3 unspecified atom stereocenters. The molecule has 1 rings (SSSR count). The standard InChI is InChI=1S/C20H31NO4/c1-16(13-17(2)14-19(3,4)21-23)11-12-24-20(5,15-22)25-18-9-7-6-8-10-18/h6-10,15-17H,11-14H2,1-5H3. The van der Waals surface area contributed by atoms with Crippen molar-refractivity contribution in [1.82, 2.24) is 0 Å². The SMILES string of the molecule is CC(CCOC(C)(C=O)Oc1ccccc1)CC(C)CC(C)(C)N=O. The lowest BCUT2D eigenvalue weighted by Crippen LogP contribution is -2.38. The van der Waals surface area contributed by atoms with E-state index in [-0.39, 0.29) is 0 Å². The van der Waals surface area contributed by atoms with Crippen molar-refractivity contribution >= 4 is 6.29 Å². The van der Waals surface area contributed by atoms with Crippen LogP contribution in [0.4, 0.5) is 0 Å². The second-order valence-corrected chi connectivity index (χ2v) is 7.74. The van der Waals surface area contributed by atoms with E-state index < -0.39 is 11.3 Å². The number of rotatable bonds is 12. The number of carbonyl (C=O) groups is 1. The minimum Gasteiger partial charge on any atom is -0.455 e. The zero-order chi connectivity index (χ0) is 18.9. The number of para-hydroxylation sites is 1. The molecule has 0 N–H and O–H groups in total. The van der Waals surface area contributed by atoms with Gasteiger partial charge < -0.3 is 9.47 Å². The predicted octanol–water partition coefficient (Wildman–Crippen LogP) is 4.98. The summed E-state index contributed by atoms with van der Waals surface area (Å²) in [5.74, 6) is 0.143. The van der Waals surface area contributed by atoms with E-state index in [1.54, 1.807) is 19.1 Å². The summed E-state index contributed by atoms with van der Waals surface area (Å²) in [4.78, 5) is 22.2. The summed E-state index contributed by atoms with van der Waals surface area (Å²) in [7, 11) is 0. The largest absolute Gasteiger partial charge is 0.455 e. The van der Waals surface area contributed by atoms with Gasteiger partial charge in [0.05, 0.1) is 12.1 Å². The van der Waals surface area contributed by atoms with E-state index >= 15 is 0 Å². The fraction of sp³-hybridized carbons (Fsp3) is 0.650. The molecule has 0 saturated heterocycles. The van der Waals surface area contributed by atoms with Crippen LogP contribution in [0, 0.1) is 16.7 Å². The molecule has 0 spiro atoms. The van der Waals surface area contributed by atoms with Gasteiger partial charge in [0.1, 0.15) is 5.75 Å². The van der Waals surface area contributed by atoms with Gasteiger partial charge in [0.25, 0.3) is 5.79 Å². The Balaban J connectivity index is 2.40. The van der Waals surface area contributed by atoms with Gasteiger partial charge in [-0.15, -0.1) is 0 Å². The lowest BCUT2D eigenvalue weighted by atomic mass is 9.86. The van der Waals surface area contributed by atoms with Gasteiger partial charge in [-0.25, -0.2) is 0 Å². The molecule has 0 saturated carbocycles. The topological polar surface area (TPSA) is 65.0 Å². The van der Waals surface area contributed by atoms with Crippen LogP contribution in [0.5, 0.6) is 5.75 Å². The summed E-state index contributed by atoms with van der Waals surface area (Å²) >= 11 is 0. The highest BCUT2D eigenvalue weighted by Crippen LogP contribution is 2.26. The zero-order valence-electron chi connectivity index (χ0n) is 16.0. The summed E-state index contributed by atoms with van der Waals surface area (Å²) in [6.45, 7) is 10.1. The highest BCUT2D eigenvalue weighted by molar-refractivity contribution is 5.60. The molecule has 5 nitrogen and oxygen atoms in total. The summed E-state index contributed by atoms with van der Waals surface area (Å²) in [6.07, 6.45) is 3.26. The number of nitroso groups, excluding NO2 is 1. The van der Waals surface area contributed by atoms with Crippen molar-refractivity contribution in [2.24, 2.45) is 17.0 Å². The van der Waals surface area contributed by atoms with Crippen LogP contribution in [-0.4, -0.2) is 24.2 Å². The minimum absolute atomic E-state index is 0.403. The Morgan fingerprint density at radius 1 is 1.12 bits per heavy atom. The van der Waals surface area contributed by atoms with Gasteiger partial charge in [0.2, 0.25) is 0 Å². The third-order valence-corrected chi connectivity index (χ3v) is 4.18. The van der Waals surface area contributed by atoms with E-state index in [9.17, 15) is 9.70 Å². The minimum atomic E-state index is -1.28. The quantitative estimate of drug-likeness (QED) is 0.303. The fourth-order valence-electron chi connectivity index (χ4n) is 3.05. The maximum Gasteiger partial charge on any atom is 0.264 e. The predicted molar refractivity (Wildman–Crippen MR) is 99.5 cm³/mol. The molecule has 5 heteroatoms. The number of nitrogens with zero attached hydrogens (tertiary/aromatic N) is 1. The monoisotopic (exact) mass is 349 g/mol. The molecule has 0 aliphatic rings. The van der Waals surface area contributed by atoms with Gasteiger partial charge in [0.15, 0.2) is 6.29 Å². The van der Waals surface area contributed by atoms with Crippen LogP contribution >= 0.6 is 0 Å². The molecule has 0 amide bonds. The number of ether oxygens (including phenoxy) is 2. The Labute approximate surface area is 151 Å². The van der Waals surface area contributed by atoms with Gasteiger partial charge in [0, 0.05) is 6.92 Å². The number of aldehydes is 1. The number of hydrogen-bond donors (Lipinski definition) is 0. The normalized spacial score (nSPS) is 16.5. The third kappa shape index (κ3) is 8.25. The van der Waals surface area contributed by atoms with Crippen LogP contribution in [0.2, 0.25) is 0 Å². The molecule has 3 atom stereocenters. The first-order valence-corrected chi connectivity index (χ1v) is 8.88. The van der Waals surface area contributed by atoms with Crippen molar-refractivity contribution in [1.29, 1.82) is 0 Å². The lowest BCUT2D eigenvalue weighted by molar-refractivity contribution is -0.174. The molecule has 25 heavy (non-hydrogen) atoms. The molecule has 1 aromatic carbocycles. The molecule has 0 heterocycles. The molecule has 0 aromatic heterocycles. The van der Waals surface area contributed by atoms with Gasteiger partial charge in [-0.05, 0) is 57.1 Å². The molecule has 0 aliphatic carbocycles. The Hall–Kier alpha value is -1.75. The van der Waals surface area contributed by atoms with Crippen LogP contribution in [0.1, 0.15) is 53.9 Å². The van der Waals surface area contributed by atoms with Gasteiger partial charge >= 0.3 is 0 Å². The molecular weight excluding hydrogens is 318 g/mol. The average Bonchev–Trinajstić information content (AvgIpc) is 2.55. The van der Waals surface area contributed by atoms with Gasteiger partial charge in [-0.3, -0.25) is 4.79 Å². The summed E-state index contributed by atoms with van der Waals surface area (Å²) in [5.41, 5.74) is -0.519. The second-order valence-electron chi connectivity index (χ2n) is 7.74. The maximum absolute atomic E-state index is 11.4. The van der Waals surface area contributed by atoms with Gasteiger partial charge in [-0.1, -0.05) is 37.2 Å². The van der Waals surface area contributed by atoms with E-state index in [0.717, 1.165) is 19.3 Å². The van der Waals surface area contributed by atoms with Crippen LogP contribution in [0.25, 0.3) is 0 Å². The first-order valence-electron chi connectivity index (χ1n) is 8.88. The Morgan fingerprint density at radius 2 is 1.76 bits per heavy atom. The Morgan fingerprint density at radius 3 is 2.32 bits per heavy atom. The zero-order valence-corrected chi connectivity index (χ0v) is 16.0.